The van der Waals surface area contributed by atoms with Crippen LogP contribution in [0.25, 0.3) is 0 Å². The monoisotopic (exact) mass is 340 g/mol. The van der Waals surface area contributed by atoms with Crippen LogP contribution in [0.3, 0.4) is 0 Å². The van der Waals surface area contributed by atoms with E-state index in [0.717, 1.165) is 37.9 Å². The van der Waals surface area contributed by atoms with Crippen molar-refractivity contribution in [2.75, 3.05) is 43.4 Å². The van der Waals surface area contributed by atoms with Crippen molar-refractivity contribution < 1.29 is 4.79 Å². The fourth-order valence-electron chi connectivity index (χ4n) is 3.22. The minimum absolute atomic E-state index is 0.255. The first kappa shape index (κ1) is 16.1. The summed E-state index contributed by atoms with van der Waals surface area (Å²) in [5, 5.41) is 2.53. The van der Waals surface area contributed by atoms with E-state index in [9.17, 15) is 4.79 Å². The Labute approximate surface area is 140 Å². The summed E-state index contributed by atoms with van der Waals surface area (Å²) >= 11 is 3.51. The first-order valence-corrected chi connectivity index (χ1v) is 10.1. The Morgan fingerprint density at radius 1 is 1.27 bits per heavy atom. The lowest BCUT2D eigenvalue weighted by Crippen LogP contribution is -2.52. The van der Waals surface area contributed by atoms with Crippen LogP contribution in [0.15, 0.2) is 5.38 Å². The number of piperazine rings is 1. The molecule has 1 amide bonds. The zero-order chi connectivity index (χ0) is 15.4. The highest BCUT2D eigenvalue weighted by molar-refractivity contribution is 7.99. The highest BCUT2D eigenvalue weighted by Gasteiger charge is 2.26. The summed E-state index contributed by atoms with van der Waals surface area (Å²) < 4.78 is 0. The van der Waals surface area contributed by atoms with Crippen molar-refractivity contribution in [3.8, 4) is 0 Å². The van der Waals surface area contributed by atoms with Crippen LogP contribution >= 0.6 is 23.1 Å². The SMILES string of the molecule is Nc1nc(CCC(=O)N2CCN(C3CCSCC3)CC2)cs1. The van der Waals surface area contributed by atoms with Crippen LogP contribution in [0.5, 0.6) is 0 Å². The summed E-state index contributed by atoms with van der Waals surface area (Å²) in [5.74, 6) is 2.84. The van der Waals surface area contributed by atoms with Gasteiger partial charge < -0.3 is 10.6 Å². The summed E-state index contributed by atoms with van der Waals surface area (Å²) in [5.41, 5.74) is 6.56. The first-order valence-electron chi connectivity index (χ1n) is 8.02. The Kier molecular flexibility index (Phi) is 5.60. The Balaban J connectivity index is 1.41. The number of carbonyl (C=O) groups excluding carboxylic acids is 1. The van der Waals surface area contributed by atoms with Gasteiger partial charge in [0.15, 0.2) is 5.13 Å². The highest BCUT2D eigenvalue weighted by Crippen LogP contribution is 2.23. The molecule has 2 aliphatic heterocycles. The Hall–Kier alpha value is -0.790. The van der Waals surface area contributed by atoms with E-state index in [1.54, 1.807) is 0 Å². The summed E-state index contributed by atoms with van der Waals surface area (Å²) in [4.78, 5) is 21.1. The number of aryl methyl sites for hydroxylation is 1. The van der Waals surface area contributed by atoms with Gasteiger partial charge in [-0.05, 0) is 30.8 Å². The van der Waals surface area contributed by atoms with E-state index in [1.807, 2.05) is 10.3 Å². The van der Waals surface area contributed by atoms with Gasteiger partial charge in [-0.1, -0.05) is 0 Å². The second-order valence-electron chi connectivity index (χ2n) is 5.94. The van der Waals surface area contributed by atoms with Crippen LogP contribution in [-0.4, -0.2) is 64.4 Å². The molecule has 0 radical (unpaired) electrons. The van der Waals surface area contributed by atoms with Crippen LogP contribution in [0, 0.1) is 0 Å². The number of nitrogens with zero attached hydrogens (tertiary/aromatic N) is 3. The number of rotatable bonds is 4. The number of carbonyl (C=O) groups is 1. The molecule has 3 heterocycles. The lowest BCUT2D eigenvalue weighted by Gasteiger charge is -2.40. The van der Waals surface area contributed by atoms with Gasteiger partial charge in [-0.25, -0.2) is 4.98 Å². The van der Waals surface area contributed by atoms with Crippen molar-refractivity contribution in [3.05, 3.63) is 11.1 Å². The van der Waals surface area contributed by atoms with Crippen molar-refractivity contribution in [2.24, 2.45) is 0 Å². The van der Waals surface area contributed by atoms with Crippen molar-refractivity contribution >= 4 is 34.1 Å². The average molecular weight is 341 g/mol. The summed E-state index contributed by atoms with van der Waals surface area (Å²) in [6.07, 6.45) is 3.86. The fraction of sp³-hybridized carbons (Fsp3) is 0.733. The highest BCUT2D eigenvalue weighted by atomic mass is 32.2. The standard InChI is InChI=1S/C15H24N4OS2/c16-15-17-12(11-22-15)1-2-14(20)19-7-5-18(6-8-19)13-3-9-21-10-4-13/h11,13H,1-10H2,(H2,16,17). The normalized spacial score (nSPS) is 21.2. The molecule has 0 bridgehead atoms. The molecule has 0 unspecified atom stereocenters. The summed E-state index contributed by atoms with van der Waals surface area (Å²) in [6.45, 7) is 3.82. The first-order chi connectivity index (χ1) is 10.7. The lowest BCUT2D eigenvalue weighted by atomic mass is 10.1. The predicted molar refractivity (Wildman–Crippen MR) is 93.3 cm³/mol. The predicted octanol–water partition coefficient (Wildman–Crippen LogP) is 1.70. The largest absolute Gasteiger partial charge is 0.375 e. The second kappa shape index (κ2) is 7.66. The number of amides is 1. The lowest BCUT2D eigenvalue weighted by molar-refractivity contribution is -0.133. The molecule has 0 aliphatic carbocycles. The van der Waals surface area contributed by atoms with E-state index in [2.05, 4.69) is 21.6 Å². The molecule has 2 aliphatic rings. The molecule has 2 N–H and O–H groups in total. The van der Waals surface area contributed by atoms with E-state index in [0.29, 0.717) is 18.0 Å². The second-order valence-corrected chi connectivity index (χ2v) is 8.05. The van der Waals surface area contributed by atoms with Crippen molar-refractivity contribution in [1.29, 1.82) is 0 Å². The van der Waals surface area contributed by atoms with Crippen molar-refractivity contribution in [3.63, 3.8) is 0 Å². The number of thiazole rings is 1. The van der Waals surface area contributed by atoms with Crippen molar-refractivity contribution in [1.82, 2.24) is 14.8 Å². The van der Waals surface area contributed by atoms with E-state index in [-0.39, 0.29) is 5.91 Å². The molecule has 0 atom stereocenters. The van der Waals surface area contributed by atoms with Crippen LogP contribution in [0.1, 0.15) is 25.0 Å². The molecule has 7 heteroatoms. The molecule has 122 valence electrons. The van der Waals surface area contributed by atoms with E-state index < -0.39 is 0 Å². The smallest absolute Gasteiger partial charge is 0.223 e. The molecule has 22 heavy (non-hydrogen) atoms. The van der Waals surface area contributed by atoms with Gasteiger partial charge in [0, 0.05) is 44.0 Å². The average Bonchev–Trinajstić information content (AvgIpc) is 2.99. The topological polar surface area (TPSA) is 62.5 Å². The Morgan fingerprint density at radius 2 is 2.00 bits per heavy atom. The molecule has 0 aromatic carbocycles. The molecule has 5 nitrogen and oxygen atoms in total. The zero-order valence-corrected chi connectivity index (χ0v) is 14.5. The van der Waals surface area contributed by atoms with Crippen LogP contribution in [0.4, 0.5) is 5.13 Å². The zero-order valence-electron chi connectivity index (χ0n) is 12.9. The molecular weight excluding hydrogens is 316 g/mol. The molecule has 1 aromatic heterocycles. The minimum atomic E-state index is 0.255. The maximum absolute atomic E-state index is 12.3. The van der Waals surface area contributed by atoms with Gasteiger partial charge in [0.05, 0.1) is 5.69 Å². The Morgan fingerprint density at radius 3 is 2.64 bits per heavy atom. The number of anilines is 1. The maximum atomic E-state index is 12.3. The molecule has 0 saturated carbocycles. The van der Waals surface area contributed by atoms with E-state index in [4.69, 9.17) is 5.73 Å². The van der Waals surface area contributed by atoms with E-state index >= 15 is 0 Å². The van der Waals surface area contributed by atoms with Crippen LogP contribution in [0.2, 0.25) is 0 Å². The Bertz CT molecular complexity index is 493. The minimum Gasteiger partial charge on any atom is -0.375 e. The quantitative estimate of drug-likeness (QED) is 0.904. The molecule has 1 aromatic rings. The maximum Gasteiger partial charge on any atom is 0.223 e. The van der Waals surface area contributed by atoms with Crippen LogP contribution < -0.4 is 5.73 Å². The molecular formula is C15H24N4OS2. The van der Waals surface area contributed by atoms with Gasteiger partial charge in [0.2, 0.25) is 5.91 Å². The summed E-state index contributed by atoms with van der Waals surface area (Å²) in [6, 6.07) is 0.747. The third kappa shape index (κ3) is 4.14. The number of nitrogens with two attached hydrogens (primary N) is 1. The number of aromatic nitrogens is 1. The number of hydrogen-bond acceptors (Lipinski definition) is 6. The number of nitrogen functional groups attached to an aromatic ring is 1. The summed E-state index contributed by atoms with van der Waals surface area (Å²) in [7, 11) is 0. The van der Waals surface area contributed by atoms with Gasteiger partial charge in [-0.2, -0.15) is 11.8 Å². The fourth-order valence-corrected chi connectivity index (χ4v) is 4.90. The number of hydrogen-bond donors (Lipinski definition) is 1. The third-order valence-corrected chi connectivity index (χ3v) is 6.31. The molecule has 0 spiro atoms. The van der Waals surface area contributed by atoms with Gasteiger partial charge in [0.1, 0.15) is 0 Å². The molecule has 3 rings (SSSR count). The molecule has 2 fully saturated rings. The molecule has 2 saturated heterocycles. The van der Waals surface area contributed by atoms with Crippen LogP contribution in [-0.2, 0) is 11.2 Å². The van der Waals surface area contributed by atoms with Gasteiger partial charge >= 0.3 is 0 Å². The van der Waals surface area contributed by atoms with Crippen molar-refractivity contribution in [2.45, 2.75) is 31.7 Å². The van der Waals surface area contributed by atoms with E-state index in [1.165, 1.54) is 35.7 Å². The van der Waals surface area contributed by atoms with Gasteiger partial charge in [-0.15, -0.1) is 11.3 Å². The van der Waals surface area contributed by atoms with Gasteiger partial charge in [-0.3, -0.25) is 9.69 Å². The number of thioether (sulfide) groups is 1. The van der Waals surface area contributed by atoms with Gasteiger partial charge in [0.25, 0.3) is 0 Å². The third-order valence-electron chi connectivity index (χ3n) is 4.54.